The van der Waals surface area contributed by atoms with Gasteiger partial charge in [-0.1, -0.05) is 6.42 Å². The maximum absolute atomic E-state index is 11.8. The highest BCUT2D eigenvalue weighted by Crippen LogP contribution is 2.34. The van der Waals surface area contributed by atoms with Crippen molar-refractivity contribution in [3.05, 3.63) is 17.8 Å². The van der Waals surface area contributed by atoms with Crippen LogP contribution >= 0.6 is 0 Å². The summed E-state index contributed by atoms with van der Waals surface area (Å²) in [5.41, 5.74) is -0.296. The minimum Gasteiger partial charge on any atom is -0.476 e. The third-order valence-corrected chi connectivity index (χ3v) is 4.84. The van der Waals surface area contributed by atoms with Gasteiger partial charge < -0.3 is 9.52 Å². The van der Waals surface area contributed by atoms with Crippen molar-refractivity contribution in [3.8, 4) is 0 Å². The smallest absolute Gasteiger partial charge is 0.358 e. The number of carboxylic acid groups (broad SMARTS) is 1. The highest BCUT2D eigenvalue weighted by Gasteiger charge is 2.36. The summed E-state index contributed by atoms with van der Waals surface area (Å²) in [6.07, 6.45) is 2.75. The van der Waals surface area contributed by atoms with Crippen molar-refractivity contribution >= 4 is 15.8 Å². The number of oxazole rings is 1. The van der Waals surface area contributed by atoms with Gasteiger partial charge in [-0.3, -0.25) is 0 Å². The molecule has 1 N–H and O–H groups in total. The molecule has 1 aromatic heterocycles. The zero-order chi connectivity index (χ0) is 11.8. The van der Waals surface area contributed by atoms with Crippen LogP contribution in [0.4, 0.5) is 0 Å². The lowest BCUT2D eigenvalue weighted by Crippen LogP contribution is -2.22. The van der Waals surface area contributed by atoms with Gasteiger partial charge in [-0.05, 0) is 12.8 Å². The molecule has 1 atom stereocenters. The fraction of sp³-hybridized carbons (Fsp3) is 0.556. The van der Waals surface area contributed by atoms with Gasteiger partial charge in [-0.15, -0.1) is 0 Å². The van der Waals surface area contributed by atoms with Crippen molar-refractivity contribution in [1.29, 1.82) is 0 Å². The Bertz CT molecular complexity index is 504. The van der Waals surface area contributed by atoms with Gasteiger partial charge in [0.25, 0.3) is 0 Å². The van der Waals surface area contributed by atoms with Crippen LogP contribution in [0.3, 0.4) is 0 Å². The van der Waals surface area contributed by atoms with E-state index in [1.54, 1.807) is 0 Å². The molecular weight excluding hydrogens is 234 g/mol. The lowest BCUT2D eigenvalue weighted by molar-refractivity contribution is 0.0688. The van der Waals surface area contributed by atoms with Crippen molar-refractivity contribution < 1.29 is 22.7 Å². The first kappa shape index (κ1) is 11.1. The third kappa shape index (κ3) is 1.82. The number of sulfone groups is 1. The molecule has 1 fully saturated rings. The van der Waals surface area contributed by atoms with Gasteiger partial charge in [0.15, 0.2) is 27.7 Å². The van der Waals surface area contributed by atoms with Crippen LogP contribution < -0.4 is 0 Å². The molecule has 0 bridgehead atoms. The summed E-state index contributed by atoms with van der Waals surface area (Å²) in [5, 5.41) is 7.99. The highest BCUT2D eigenvalue weighted by molar-refractivity contribution is 7.91. The predicted octanol–water partition coefficient (Wildman–Crippen LogP) is 1.01. The van der Waals surface area contributed by atoms with Crippen LogP contribution in [0.5, 0.6) is 0 Å². The second-order valence-corrected chi connectivity index (χ2v) is 6.02. The van der Waals surface area contributed by atoms with Gasteiger partial charge in [0.2, 0.25) is 0 Å². The standard InChI is InChI=1S/C9H11NO5S/c11-9(12)7-8(15-5-10-7)6-3-1-2-4-16(6,13)14/h5-6H,1-4H2,(H,11,12). The minimum atomic E-state index is -3.30. The molecule has 0 amide bonds. The first-order chi connectivity index (χ1) is 7.52. The van der Waals surface area contributed by atoms with Gasteiger partial charge >= 0.3 is 5.97 Å². The molecule has 16 heavy (non-hydrogen) atoms. The summed E-state index contributed by atoms with van der Waals surface area (Å²) in [4.78, 5) is 14.3. The van der Waals surface area contributed by atoms with E-state index in [1.165, 1.54) is 0 Å². The van der Waals surface area contributed by atoms with Crippen molar-refractivity contribution in [2.75, 3.05) is 5.75 Å². The number of rotatable bonds is 2. The van der Waals surface area contributed by atoms with Crippen molar-refractivity contribution in [2.45, 2.75) is 24.5 Å². The van der Waals surface area contributed by atoms with Gasteiger partial charge in [0.05, 0.1) is 5.75 Å². The topological polar surface area (TPSA) is 97.5 Å². The van der Waals surface area contributed by atoms with Gasteiger partial charge in [0, 0.05) is 0 Å². The molecule has 2 heterocycles. The van der Waals surface area contributed by atoms with Gasteiger partial charge in [0.1, 0.15) is 5.25 Å². The Morgan fingerprint density at radius 3 is 2.88 bits per heavy atom. The van der Waals surface area contributed by atoms with Crippen LogP contribution in [-0.4, -0.2) is 30.2 Å². The first-order valence-corrected chi connectivity index (χ1v) is 6.62. The largest absolute Gasteiger partial charge is 0.476 e. The molecule has 1 aliphatic rings. The highest BCUT2D eigenvalue weighted by atomic mass is 32.2. The lowest BCUT2D eigenvalue weighted by Gasteiger charge is -2.20. The van der Waals surface area contributed by atoms with Crippen molar-refractivity contribution in [3.63, 3.8) is 0 Å². The molecule has 0 aromatic carbocycles. The number of hydrogen-bond acceptors (Lipinski definition) is 5. The Morgan fingerprint density at radius 2 is 2.25 bits per heavy atom. The van der Waals surface area contributed by atoms with E-state index in [4.69, 9.17) is 9.52 Å². The lowest BCUT2D eigenvalue weighted by atomic mass is 10.1. The fourth-order valence-corrected chi connectivity index (χ4v) is 3.80. The molecule has 0 aliphatic carbocycles. The number of carboxylic acids is 1. The van der Waals surface area contributed by atoms with E-state index in [-0.39, 0.29) is 17.2 Å². The molecule has 6 nitrogen and oxygen atoms in total. The Balaban J connectivity index is 2.43. The van der Waals surface area contributed by atoms with E-state index in [9.17, 15) is 13.2 Å². The van der Waals surface area contributed by atoms with Crippen LogP contribution in [0.15, 0.2) is 10.8 Å². The molecule has 1 saturated heterocycles. The summed E-state index contributed by atoms with van der Waals surface area (Å²) in [6.45, 7) is 0. The van der Waals surface area contributed by atoms with E-state index in [1.807, 2.05) is 0 Å². The van der Waals surface area contributed by atoms with Crippen LogP contribution in [0.25, 0.3) is 0 Å². The summed E-state index contributed by atoms with van der Waals surface area (Å²) in [6, 6.07) is 0. The van der Waals surface area contributed by atoms with E-state index in [0.29, 0.717) is 12.8 Å². The zero-order valence-corrected chi connectivity index (χ0v) is 9.24. The Labute approximate surface area is 92.2 Å². The fourth-order valence-electron chi connectivity index (χ4n) is 1.89. The molecule has 1 aromatic rings. The number of nitrogens with zero attached hydrogens (tertiary/aromatic N) is 1. The van der Waals surface area contributed by atoms with Crippen molar-refractivity contribution in [1.82, 2.24) is 4.98 Å². The molecule has 88 valence electrons. The number of hydrogen-bond donors (Lipinski definition) is 1. The average Bonchev–Trinajstić information content (AvgIpc) is 2.65. The van der Waals surface area contributed by atoms with E-state index >= 15 is 0 Å². The maximum atomic E-state index is 11.8. The Hall–Kier alpha value is -1.37. The quantitative estimate of drug-likeness (QED) is 0.835. The zero-order valence-electron chi connectivity index (χ0n) is 8.42. The van der Waals surface area contributed by atoms with Gasteiger partial charge in [-0.2, -0.15) is 0 Å². The second-order valence-electron chi connectivity index (χ2n) is 3.72. The monoisotopic (exact) mass is 245 g/mol. The molecular formula is C9H11NO5S. The molecule has 1 aliphatic heterocycles. The van der Waals surface area contributed by atoms with Crippen molar-refractivity contribution in [2.24, 2.45) is 0 Å². The van der Waals surface area contributed by atoms with E-state index in [0.717, 1.165) is 12.8 Å². The number of aromatic carboxylic acids is 1. The third-order valence-electron chi connectivity index (χ3n) is 2.67. The van der Waals surface area contributed by atoms with Crippen LogP contribution in [0.1, 0.15) is 40.8 Å². The van der Waals surface area contributed by atoms with Crippen LogP contribution in [0.2, 0.25) is 0 Å². The molecule has 0 radical (unpaired) electrons. The summed E-state index contributed by atoms with van der Waals surface area (Å²) in [5.74, 6) is -1.21. The van der Waals surface area contributed by atoms with E-state index < -0.39 is 21.1 Å². The summed E-state index contributed by atoms with van der Waals surface area (Å²) < 4.78 is 28.5. The Morgan fingerprint density at radius 1 is 1.50 bits per heavy atom. The molecule has 0 spiro atoms. The Kier molecular flexibility index (Phi) is 2.71. The molecule has 2 rings (SSSR count). The second kappa shape index (κ2) is 3.89. The maximum Gasteiger partial charge on any atom is 0.358 e. The molecule has 1 unspecified atom stereocenters. The minimum absolute atomic E-state index is 0.0350. The SMILES string of the molecule is O=C(O)c1ncoc1C1CCCCS1(=O)=O. The van der Waals surface area contributed by atoms with Gasteiger partial charge in [-0.25, -0.2) is 18.2 Å². The van der Waals surface area contributed by atoms with Crippen LogP contribution in [-0.2, 0) is 9.84 Å². The average molecular weight is 245 g/mol. The van der Waals surface area contributed by atoms with Crippen LogP contribution in [0, 0.1) is 0 Å². The first-order valence-electron chi connectivity index (χ1n) is 4.90. The molecule has 0 saturated carbocycles. The predicted molar refractivity (Wildman–Crippen MR) is 53.8 cm³/mol. The summed E-state index contributed by atoms with van der Waals surface area (Å²) in [7, 11) is -3.30. The molecule has 7 heteroatoms. The number of aromatic nitrogens is 1. The number of carbonyl (C=O) groups is 1. The normalized spacial score (nSPS) is 24.1. The summed E-state index contributed by atoms with van der Waals surface area (Å²) >= 11 is 0. The van der Waals surface area contributed by atoms with E-state index in [2.05, 4.69) is 4.98 Å².